The van der Waals surface area contributed by atoms with Gasteiger partial charge in [-0.2, -0.15) is 0 Å². The molecule has 3 aromatic carbocycles. The number of hydrogen-bond donors (Lipinski definition) is 2. The second-order valence-electron chi connectivity index (χ2n) is 6.19. The van der Waals surface area contributed by atoms with Crippen molar-refractivity contribution in [2.24, 2.45) is 0 Å². The van der Waals surface area contributed by atoms with Gasteiger partial charge < -0.3 is 20.1 Å². The van der Waals surface area contributed by atoms with Crippen LogP contribution in [0.5, 0.6) is 11.5 Å². The number of carbonyl (C=O) groups excluding carboxylic acids is 1. The minimum atomic E-state index is -0.367. The Hall–Kier alpha value is -3.25. The molecule has 3 aromatic rings. The lowest BCUT2D eigenvalue weighted by Crippen LogP contribution is -2.20. The summed E-state index contributed by atoms with van der Waals surface area (Å²) in [5.41, 5.74) is 2.38. The standard InChI is InChI=1S/C22H20ClFN2O3/c1-28-21-11-15(13-25-19-4-2-3-16(23)12-19)5-10-20(21)29-14-22(27)26-18-8-6-17(24)7-9-18/h2-12,25H,13-14H2,1H3,(H,26,27). The molecule has 1 amide bonds. The number of rotatable bonds is 8. The van der Waals surface area contributed by atoms with Crippen LogP contribution in [-0.2, 0) is 11.3 Å². The van der Waals surface area contributed by atoms with E-state index < -0.39 is 0 Å². The highest BCUT2D eigenvalue weighted by atomic mass is 35.5. The van der Waals surface area contributed by atoms with Crippen molar-refractivity contribution in [3.05, 3.63) is 83.1 Å². The molecule has 7 heteroatoms. The first-order chi connectivity index (χ1) is 14.0. The van der Waals surface area contributed by atoms with Crippen molar-refractivity contribution < 1.29 is 18.7 Å². The third kappa shape index (κ3) is 6.12. The van der Waals surface area contributed by atoms with Gasteiger partial charge in [0.05, 0.1) is 7.11 Å². The number of nitrogens with one attached hydrogen (secondary N) is 2. The summed E-state index contributed by atoms with van der Waals surface area (Å²) in [6, 6.07) is 18.4. The summed E-state index contributed by atoms with van der Waals surface area (Å²) in [4.78, 5) is 12.0. The number of anilines is 2. The topological polar surface area (TPSA) is 59.6 Å². The van der Waals surface area contributed by atoms with Gasteiger partial charge in [0.2, 0.25) is 0 Å². The van der Waals surface area contributed by atoms with Gasteiger partial charge in [-0.3, -0.25) is 4.79 Å². The van der Waals surface area contributed by atoms with Gasteiger partial charge in [-0.05, 0) is 60.2 Å². The highest BCUT2D eigenvalue weighted by Gasteiger charge is 2.09. The van der Waals surface area contributed by atoms with Gasteiger partial charge in [-0.15, -0.1) is 0 Å². The molecule has 0 unspecified atom stereocenters. The van der Waals surface area contributed by atoms with Crippen molar-refractivity contribution in [2.75, 3.05) is 24.4 Å². The fraction of sp³-hybridized carbons (Fsp3) is 0.136. The van der Waals surface area contributed by atoms with Crippen molar-refractivity contribution in [1.82, 2.24) is 0 Å². The number of ether oxygens (including phenoxy) is 2. The summed E-state index contributed by atoms with van der Waals surface area (Å²) < 4.78 is 23.9. The van der Waals surface area contributed by atoms with Gasteiger partial charge in [0, 0.05) is 22.9 Å². The minimum Gasteiger partial charge on any atom is -0.493 e. The van der Waals surface area contributed by atoms with Gasteiger partial charge in [-0.25, -0.2) is 4.39 Å². The average Bonchev–Trinajstić information content (AvgIpc) is 2.72. The third-order valence-corrected chi connectivity index (χ3v) is 4.27. The zero-order chi connectivity index (χ0) is 20.6. The number of methoxy groups -OCH3 is 1. The number of hydrogen-bond acceptors (Lipinski definition) is 4. The van der Waals surface area contributed by atoms with Crippen molar-refractivity contribution >= 4 is 28.9 Å². The Morgan fingerprint density at radius 3 is 2.52 bits per heavy atom. The van der Waals surface area contributed by atoms with Crippen LogP contribution in [0.3, 0.4) is 0 Å². The molecule has 0 saturated carbocycles. The van der Waals surface area contributed by atoms with E-state index in [2.05, 4.69) is 10.6 Å². The summed E-state index contributed by atoms with van der Waals surface area (Å²) in [6.45, 7) is 0.371. The number of benzene rings is 3. The minimum absolute atomic E-state index is 0.201. The lowest BCUT2D eigenvalue weighted by molar-refractivity contribution is -0.118. The maximum Gasteiger partial charge on any atom is 0.262 e. The molecular weight excluding hydrogens is 395 g/mol. The normalized spacial score (nSPS) is 10.3. The van der Waals surface area contributed by atoms with Crippen LogP contribution in [0.25, 0.3) is 0 Å². The van der Waals surface area contributed by atoms with Crippen LogP contribution < -0.4 is 20.1 Å². The Bertz CT molecular complexity index is 980. The van der Waals surface area contributed by atoms with Gasteiger partial charge in [-0.1, -0.05) is 23.7 Å². The van der Waals surface area contributed by atoms with E-state index >= 15 is 0 Å². The SMILES string of the molecule is COc1cc(CNc2cccc(Cl)c2)ccc1OCC(=O)Nc1ccc(F)cc1. The maximum absolute atomic E-state index is 12.9. The molecule has 2 N–H and O–H groups in total. The Labute approximate surface area is 173 Å². The predicted molar refractivity (Wildman–Crippen MR) is 112 cm³/mol. The molecule has 0 fully saturated rings. The van der Waals surface area contributed by atoms with Gasteiger partial charge in [0.1, 0.15) is 5.82 Å². The van der Waals surface area contributed by atoms with E-state index in [1.165, 1.54) is 31.4 Å². The molecule has 0 heterocycles. The van der Waals surface area contributed by atoms with E-state index in [-0.39, 0.29) is 18.3 Å². The zero-order valence-corrected chi connectivity index (χ0v) is 16.5. The molecule has 3 rings (SSSR count). The van der Waals surface area contributed by atoms with E-state index in [0.717, 1.165) is 11.3 Å². The van der Waals surface area contributed by atoms with E-state index in [0.29, 0.717) is 28.8 Å². The van der Waals surface area contributed by atoms with E-state index in [9.17, 15) is 9.18 Å². The highest BCUT2D eigenvalue weighted by Crippen LogP contribution is 2.28. The van der Waals surface area contributed by atoms with E-state index in [4.69, 9.17) is 21.1 Å². The largest absolute Gasteiger partial charge is 0.493 e. The molecule has 0 bridgehead atoms. The summed E-state index contributed by atoms with van der Waals surface area (Å²) in [7, 11) is 1.54. The van der Waals surface area contributed by atoms with Crippen LogP contribution in [0.2, 0.25) is 5.02 Å². The van der Waals surface area contributed by atoms with Crippen LogP contribution in [0.1, 0.15) is 5.56 Å². The molecular formula is C22H20ClFN2O3. The van der Waals surface area contributed by atoms with Crippen LogP contribution in [0.4, 0.5) is 15.8 Å². The second kappa shape index (κ2) is 9.80. The lowest BCUT2D eigenvalue weighted by Gasteiger charge is -2.13. The molecule has 29 heavy (non-hydrogen) atoms. The van der Waals surface area contributed by atoms with Crippen LogP contribution in [-0.4, -0.2) is 19.6 Å². The Morgan fingerprint density at radius 2 is 1.79 bits per heavy atom. The molecule has 5 nitrogen and oxygen atoms in total. The van der Waals surface area contributed by atoms with Gasteiger partial charge in [0.15, 0.2) is 18.1 Å². The Kier molecular flexibility index (Phi) is 6.92. The van der Waals surface area contributed by atoms with E-state index in [1.54, 1.807) is 6.07 Å². The predicted octanol–water partition coefficient (Wildman–Crippen LogP) is 5.12. The molecule has 0 atom stereocenters. The Balaban J connectivity index is 1.56. The molecule has 0 saturated heterocycles. The van der Waals surface area contributed by atoms with E-state index in [1.807, 2.05) is 36.4 Å². The van der Waals surface area contributed by atoms with Crippen LogP contribution in [0.15, 0.2) is 66.7 Å². The fourth-order valence-electron chi connectivity index (χ4n) is 2.62. The molecule has 0 aliphatic rings. The number of halogens is 2. The molecule has 150 valence electrons. The molecule has 0 aliphatic heterocycles. The summed E-state index contributed by atoms with van der Waals surface area (Å²) in [5.74, 6) is 0.248. The fourth-order valence-corrected chi connectivity index (χ4v) is 2.81. The summed E-state index contributed by atoms with van der Waals surface area (Å²) in [6.07, 6.45) is 0. The molecule has 0 aliphatic carbocycles. The van der Waals surface area contributed by atoms with Crippen molar-refractivity contribution in [2.45, 2.75) is 6.54 Å². The van der Waals surface area contributed by atoms with Crippen molar-refractivity contribution in [3.63, 3.8) is 0 Å². The highest BCUT2D eigenvalue weighted by molar-refractivity contribution is 6.30. The molecule has 0 spiro atoms. The summed E-state index contributed by atoms with van der Waals surface area (Å²) in [5, 5.41) is 6.58. The first-order valence-electron chi connectivity index (χ1n) is 8.88. The van der Waals surface area contributed by atoms with Gasteiger partial charge in [0.25, 0.3) is 5.91 Å². The number of carbonyl (C=O) groups is 1. The van der Waals surface area contributed by atoms with Gasteiger partial charge >= 0.3 is 0 Å². The number of amides is 1. The summed E-state index contributed by atoms with van der Waals surface area (Å²) >= 11 is 5.99. The molecule has 0 radical (unpaired) electrons. The first-order valence-corrected chi connectivity index (χ1v) is 9.26. The van der Waals surface area contributed by atoms with Crippen molar-refractivity contribution in [1.29, 1.82) is 0 Å². The van der Waals surface area contributed by atoms with Crippen LogP contribution >= 0.6 is 11.6 Å². The first kappa shape index (κ1) is 20.5. The quantitative estimate of drug-likeness (QED) is 0.537. The van der Waals surface area contributed by atoms with Crippen LogP contribution in [0, 0.1) is 5.82 Å². The average molecular weight is 415 g/mol. The molecule has 0 aromatic heterocycles. The third-order valence-electron chi connectivity index (χ3n) is 4.04. The maximum atomic E-state index is 12.9. The second-order valence-corrected chi connectivity index (χ2v) is 6.63. The monoisotopic (exact) mass is 414 g/mol. The lowest BCUT2D eigenvalue weighted by atomic mass is 10.2. The zero-order valence-electron chi connectivity index (χ0n) is 15.7. The Morgan fingerprint density at radius 1 is 1.00 bits per heavy atom. The van der Waals surface area contributed by atoms with Crippen molar-refractivity contribution in [3.8, 4) is 11.5 Å². The smallest absolute Gasteiger partial charge is 0.262 e.